The Hall–Kier alpha value is -2.62. The number of halogens is 4. The van der Waals surface area contributed by atoms with E-state index in [2.05, 4.69) is 25.9 Å². The lowest BCUT2D eigenvalue weighted by Crippen LogP contribution is -2.25. The number of aliphatic imine (C=N–C) groups is 1. The maximum Gasteiger partial charge on any atom is 0.297 e. The van der Waals surface area contributed by atoms with Crippen LogP contribution < -0.4 is 0 Å². The first kappa shape index (κ1) is 20.6. The molecule has 0 atom stereocenters. The summed E-state index contributed by atoms with van der Waals surface area (Å²) in [5.74, 6) is -1.55. The molecular weight excluding hydrogens is 482 g/mol. The highest BCUT2D eigenvalue weighted by Crippen LogP contribution is 2.36. The van der Waals surface area contributed by atoms with E-state index in [-0.39, 0.29) is 28.5 Å². The van der Waals surface area contributed by atoms with Crippen molar-refractivity contribution in [2.24, 2.45) is 4.99 Å². The monoisotopic (exact) mass is 494 g/mol. The number of carbonyl (C=O) groups excluding carboxylic acids is 1. The molecule has 1 aliphatic heterocycles. The molecule has 1 aromatic heterocycles. The topological polar surface area (TPSA) is 59.7 Å². The first-order valence-corrected chi connectivity index (χ1v) is 9.88. The summed E-state index contributed by atoms with van der Waals surface area (Å²) in [4.78, 5) is 26.1. The Morgan fingerprint density at radius 1 is 1.23 bits per heavy atom. The van der Waals surface area contributed by atoms with Crippen LogP contribution in [0.2, 0.25) is 5.02 Å². The van der Waals surface area contributed by atoms with Gasteiger partial charge < -0.3 is 4.57 Å². The first-order valence-electron chi connectivity index (χ1n) is 8.71. The number of nitrogens with zero attached hydrogens (tertiary/aromatic N) is 4. The Balaban J connectivity index is 1.97. The second-order valence-electron chi connectivity index (χ2n) is 6.41. The average molecular weight is 496 g/mol. The Kier molecular flexibility index (Phi) is 5.44. The molecule has 3 aromatic rings. The maximum absolute atomic E-state index is 14.6. The summed E-state index contributed by atoms with van der Waals surface area (Å²) in [6, 6.07) is 7.02. The molecule has 30 heavy (non-hydrogen) atoms. The number of benzene rings is 2. The zero-order chi connectivity index (χ0) is 21.6. The van der Waals surface area contributed by atoms with Crippen molar-refractivity contribution in [2.45, 2.75) is 6.54 Å². The zero-order valence-electron chi connectivity index (χ0n) is 15.8. The van der Waals surface area contributed by atoms with Crippen LogP contribution in [0.15, 0.2) is 46.0 Å². The van der Waals surface area contributed by atoms with Crippen LogP contribution in [0.3, 0.4) is 0 Å². The smallest absolute Gasteiger partial charge is 0.297 e. The lowest BCUT2D eigenvalue weighted by Gasteiger charge is -2.15. The van der Waals surface area contributed by atoms with E-state index in [9.17, 15) is 13.6 Å². The van der Waals surface area contributed by atoms with Gasteiger partial charge in [0, 0.05) is 23.3 Å². The second kappa shape index (κ2) is 7.90. The van der Waals surface area contributed by atoms with Crippen molar-refractivity contribution in [1.82, 2.24) is 14.6 Å². The summed E-state index contributed by atoms with van der Waals surface area (Å²) in [5.41, 5.74) is 0.739. The van der Waals surface area contributed by atoms with Gasteiger partial charge in [0.25, 0.3) is 5.91 Å². The van der Waals surface area contributed by atoms with Crippen LogP contribution in [0.5, 0.6) is 0 Å². The van der Waals surface area contributed by atoms with E-state index in [1.165, 1.54) is 26.4 Å². The van der Waals surface area contributed by atoms with Crippen molar-refractivity contribution in [3.8, 4) is 5.69 Å². The van der Waals surface area contributed by atoms with Crippen LogP contribution >= 0.6 is 27.5 Å². The van der Waals surface area contributed by atoms with Gasteiger partial charge in [-0.05, 0) is 40.2 Å². The van der Waals surface area contributed by atoms with Crippen molar-refractivity contribution in [3.63, 3.8) is 0 Å². The van der Waals surface area contributed by atoms with Crippen LogP contribution in [0.25, 0.3) is 5.69 Å². The zero-order valence-corrected chi connectivity index (χ0v) is 18.1. The van der Waals surface area contributed by atoms with Crippen molar-refractivity contribution in [3.05, 3.63) is 80.3 Å². The Labute approximate surface area is 183 Å². The lowest BCUT2D eigenvalue weighted by atomic mass is 9.99. The number of fused-ring (bicyclic) bond motifs is 3. The number of amides is 1. The minimum atomic E-state index is -0.757. The summed E-state index contributed by atoms with van der Waals surface area (Å²) >= 11 is 9.90. The lowest BCUT2D eigenvalue weighted by molar-refractivity contribution is -0.0760. The molecule has 10 heteroatoms. The third-order valence-electron chi connectivity index (χ3n) is 4.71. The van der Waals surface area contributed by atoms with E-state index < -0.39 is 17.5 Å². The fourth-order valence-corrected chi connectivity index (χ4v) is 3.79. The third kappa shape index (κ3) is 3.32. The highest BCUT2D eigenvalue weighted by molar-refractivity contribution is 9.10. The van der Waals surface area contributed by atoms with Crippen LogP contribution in [-0.4, -0.2) is 40.4 Å². The van der Waals surface area contributed by atoms with Crippen LogP contribution in [-0.2, 0) is 11.4 Å². The minimum Gasteiger partial charge on any atom is -0.301 e. The molecule has 154 valence electrons. The standard InChI is InChI=1S/C20H14BrClF2N4O2/c1-27(30-2)20(29)13-9-28-14-7-6-10(21)18(22)17(14)19(25-8-15(28)26-13)16-11(23)4-3-5-12(16)24/h3-7,9H,8H2,1-2H3. The van der Waals surface area contributed by atoms with Crippen LogP contribution in [0.1, 0.15) is 27.4 Å². The Morgan fingerprint density at radius 2 is 1.93 bits per heavy atom. The van der Waals surface area contributed by atoms with Crippen LogP contribution in [0.4, 0.5) is 8.78 Å². The summed E-state index contributed by atoms with van der Waals surface area (Å²) < 4.78 is 31.3. The highest BCUT2D eigenvalue weighted by Gasteiger charge is 2.28. The molecule has 0 saturated heterocycles. The summed E-state index contributed by atoms with van der Waals surface area (Å²) in [7, 11) is 2.83. The molecule has 0 unspecified atom stereocenters. The van der Waals surface area contributed by atoms with Gasteiger partial charge in [0.15, 0.2) is 0 Å². The maximum atomic E-state index is 14.6. The van der Waals surface area contributed by atoms with Crippen molar-refractivity contribution in [2.75, 3.05) is 14.2 Å². The molecule has 0 radical (unpaired) electrons. The van der Waals surface area contributed by atoms with E-state index in [0.29, 0.717) is 21.5 Å². The van der Waals surface area contributed by atoms with Crippen molar-refractivity contribution >= 4 is 39.1 Å². The number of hydrogen-bond acceptors (Lipinski definition) is 4. The third-order valence-corrected chi connectivity index (χ3v) is 5.99. The summed E-state index contributed by atoms with van der Waals surface area (Å²) in [6.07, 6.45) is 1.52. The van der Waals surface area contributed by atoms with Crippen molar-refractivity contribution in [1.29, 1.82) is 0 Å². The van der Waals surface area contributed by atoms with E-state index in [4.69, 9.17) is 16.4 Å². The SMILES string of the molecule is CON(C)C(=O)c1cn2c(n1)CN=C(c1c(F)cccc1F)c1c-2ccc(Br)c1Cl. The summed E-state index contributed by atoms with van der Waals surface area (Å²) in [6.45, 7) is -0.0181. The number of hydrogen-bond donors (Lipinski definition) is 0. The molecule has 2 aromatic carbocycles. The second-order valence-corrected chi connectivity index (χ2v) is 7.65. The molecule has 4 rings (SSSR count). The average Bonchev–Trinajstić information content (AvgIpc) is 3.09. The Bertz CT molecular complexity index is 1190. The number of aromatic nitrogens is 2. The molecule has 0 N–H and O–H groups in total. The van der Waals surface area contributed by atoms with Gasteiger partial charge in [-0.15, -0.1) is 0 Å². The molecule has 0 spiro atoms. The van der Waals surface area contributed by atoms with E-state index in [1.807, 2.05) is 0 Å². The van der Waals surface area contributed by atoms with Gasteiger partial charge in [0.1, 0.15) is 23.2 Å². The molecule has 0 fully saturated rings. The first-order chi connectivity index (χ1) is 14.3. The number of rotatable bonds is 3. The van der Waals surface area contributed by atoms with Crippen molar-refractivity contribution < 1.29 is 18.4 Å². The molecule has 1 aliphatic rings. The van der Waals surface area contributed by atoms with Gasteiger partial charge in [-0.2, -0.15) is 0 Å². The predicted octanol–water partition coefficient (Wildman–Crippen LogP) is 4.55. The highest BCUT2D eigenvalue weighted by atomic mass is 79.9. The van der Waals surface area contributed by atoms with Gasteiger partial charge in [-0.1, -0.05) is 17.7 Å². The van der Waals surface area contributed by atoms with Gasteiger partial charge in [-0.3, -0.25) is 14.6 Å². The van der Waals surface area contributed by atoms with E-state index in [1.54, 1.807) is 16.7 Å². The van der Waals surface area contributed by atoms with E-state index in [0.717, 1.165) is 17.2 Å². The molecule has 0 bridgehead atoms. The number of carbonyl (C=O) groups is 1. The summed E-state index contributed by atoms with van der Waals surface area (Å²) in [5, 5.41) is 1.28. The molecule has 0 aliphatic carbocycles. The number of imidazole rings is 1. The van der Waals surface area contributed by atoms with Gasteiger partial charge in [0.2, 0.25) is 0 Å². The van der Waals surface area contributed by atoms with Crippen LogP contribution in [0, 0.1) is 11.6 Å². The largest absolute Gasteiger partial charge is 0.301 e. The minimum absolute atomic E-state index is 0.0181. The number of hydroxylamine groups is 2. The molecule has 1 amide bonds. The normalized spacial score (nSPS) is 12.7. The fraction of sp³-hybridized carbons (Fsp3) is 0.150. The fourth-order valence-electron chi connectivity index (χ4n) is 3.21. The predicted molar refractivity (Wildman–Crippen MR) is 111 cm³/mol. The quantitative estimate of drug-likeness (QED) is 0.501. The van der Waals surface area contributed by atoms with Gasteiger partial charge >= 0.3 is 0 Å². The van der Waals surface area contributed by atoms with Gasteiger partial charge in [0.05, 0.1) is 35.6 Å². The molecule has 2 heterocycles. The molecule has 6 nitrogen and oxygen atoms in total. The molecule has 0 saturated carbocycles. The van der Waals surface area contributed by atoms with E-state index >= 15 is 0 Å². The Morgan fingerprint density at radius 3 is 2.60 bits per heavy atom. The molecular formula is C20H14BrClF2N4O2. The van der Waals surface area contributed by atoms with Gasteiger partial charge in [-0.25, -0.2) is 18.8 Å².